The van der Waals surface area contributed by atoms with Gasteiger partial charge in [-0.15, -0.1) is 5.10 Å². The summed E-state index contributed by atoms with van der Waals surface area (Å²) in [6, 6.07) is 29.0. The van der Waals surface area contributed by atoms with E-state index in [1.807, 2.05) is 28.9 Å². The predicted octanol–water partition coefficient (Wildman–Crippen LogP) is 5.92. The van der Waals surface area contributed by atoms with Gasteiger partial charge < -0.3 is 9.64 Å². The Bertz CT molecular complexity index is 1150. The zero-order chi connectivity index (χ0) is 23.0. The lowest BCUT2D eigenvalue weighted by Crippen LogP contribution is -2.20. The number of likely N-dealkylation sites (tertiary alicyclic amines) is 1. The van der Waals surface area contributed by atoms with E-state index in [-0.39, 0.29) is 0 Å². The van der Waals surface area contributed by atoms with Crippen LogP contribution in [0.4, 0.5) is 0 Å². The normalized spacial score (nSPS) is 13.9. The molecule has 3 aromatic carbocycles. The summed E-state index contributed by atoms with van der Waals surface area (Å²) < 4.78 is 8.02. The molecule has 1 aromatic heterocycles. The molecule has 0 unspecified atom stereocenters. The fourth-order valence-electron chi connectivity index (χ4n) is 4.60. The van der Waals surface area contributed by atoms with E-state index in [2.05, 4.69) is 75.9 Å². The van der Waals surface area contributed by atoms with Gasteiger partial charge in [-0.3, -0.25) is 0 Å². The maximum Gasteiger partial charge on any atom is 0.121 e. The van der Waals surface area contributed by atoms with Crippen LogP contribution in [0.5, 0.6) is 5.75 Å². The van der Waals surface area contributed by atoms with Crippen molar-refractivity contribution in [2.75, 3.05) is 26.2 Å². The second-order valence-corrected chi connectivity index (χ2v) is 8.92. The summed E-state index contributed by atoms with van der Waals surface area (Å²) in [5, 5.41) is 9.08. The van der Waals surface area contributed by atoms with Crippen molar-refractivity contribution < 1.29 is 4.74 Å². The van der Waals surface area contributed by atoms with Gasteiger partial charge in [0, 0.05) is 11.1 Å². The molecular weight excluding hydrogens is 420 g/mol. The Morgan fingerprint density at radius 1 is 0.735 bits per heavy atom. The van der Waals surface area contributed by atoms with Gasteiger partial charge in [-0.2, -0.15) is 0 Å². The number of hydrogen-bond acceptors (Lipinski definition) is 4. The van der Waals surface area contributed by atoms with Gasteiger partial charge in [0.15, 0.2) is 0 Å². The average molecular weight is 453 g/mol. The van der Waals surface area contributed by atoms with Crippen LogP contribution in [0, 0.1) is 0 Å². The molecule has 0 radical (unpaired) electrons. The van der Waals surface area contributed by atoms with E-state index in [9.17, 15) is 0 Å². The van der Waals surface area contributed by atoms with E-state index >= 15 is 0 Å². The van der Waals surface area contributed by atoms with Gasteiger partial charge in [-0.05, 0) is 75.1 Å². The van der Waals surface area contributed by atoms with E-state index in [1.165, 1.54) is 44.5 Å². The summed E-state index contributed by atoms with van der Waals surface area (Å²) in [6.45, 7) is 5.16. The van der Waals surface area contributed by atoms with E-state index in [4.69, 9.17) is 4.74 Å². The molecule has 0 atom stereocenters. The molecule has 2 heterocycles. The first kappa shape index (κ1) is 22.4. The molecule has 174 valence electrons. The Labute approximate surface area is 202 Å². The van der Waals surface area contributed by atoms with Crippen molar-refractivity contribution in [2.24, 2.45) is 0 Å². The van der Waals surface area contributed by atoms with Gasteiger partial charge in [-0.1, -0.05) is 65.9 Å². The summed E-state index contributed by atoms with van der Waals surface area (Å²) in [5.74, 6) is 0.910. The van der Waals surface area contributed by atoms with Gasteiger partial charge in [-0.25, -0.2) is 4.68 Å². The smallest absolute Gasteiger partial charge is 0.121 e. The number of unbranched alkanes of at least 4 members (excludes halogenated alkanes) is 1. The fourth-order valence-corrected chi connectivity index (χ4v) is 4.60. The molecule has 5 nitrogen and oxygen atoms in total. The molecule has 1 saturated heterocycles. The van der Waals surface area contributed by atoms with Crippen molar-refractivity contribution in [1.29, 1.82) is 0 Å². The lowest BCUT2D eigenvalue weighted by Gasteiger charge is -2.14. The van der Waals surface area contributed by atoms with Crippen molar-refractivity contribution in [3.05, 3.63) is 90.5 Å². The van der Waals surface area contributed by atoms with Crippen LogP contribution < -0.4 is 4.74 Å². The summed E-state index contributed by atoms with van der Waals surface area (Å²) in [5.41, 5.74) is 5.26. The molecule has 0 amide bonds. The summed E-state index contributed by atoms with van der Waals surface area (Å²) in [6.07, 6.45) is 5.00. The molecule has 0 spiro atoms. The Morgan fingerprint density at radius 3 is 2.18 bits per heavy atom. The van der Waals surface area contributed by atoms with Crippen molar-refractivity contribution in [2.45, 2.75) is 32.2 Å². The first-order valence-corrected chi connectivity index (χ1v) is 12.4. The van der Waals surface area contributed by atoms with Crippen LogP contribution in [0.3, 0.4) is 0 Å². The number of nitrogens with zero attached hydrogens (tertiary/aromatic N) is 4. The van der Waals surface area contributed by atoms with Crippen LogP contribution >= 0.6 is 0 Å². The topological polar surface area (TPSA) is 43.2 Å². The second-order valence-electron chi connectivity index (χ2n) is 8.92. The van der Waals surface area contributed by atoms with Crippen LogP contribution in [0.25, 0.3) is 22.5 Å². The summed E-state index contributed by atoms with van der Waals surface area (Å²) >= 11 is 0. The van der Waals surface area contributed by atoms with Crippen LogP contribution in [0.15, 0.2) is 84.9 Å². The minimum atomic E-state index is 0.672. The van der Waals surface area contributed by atoms with Gasteiger partial charge >= 0.3 is 0 Å². The standard InChI is InChI=1S/C29H32N4O/c1-3-11-24(12-4-1)23-33-29(28(30-31-33)25-13-5-2-6-14-25)26-15-17-27(18-16-26)34-22-10-9-21-32-19-7-8-20-32/h1-6,11-18H,7-10,19-23H2. The zero-order valence-electron chi connectivity index (χ0n) is 19.6. The summed E-state index contributed by atoms with van der Waals surface area (Å²) in [4.78, 5) is 2.56. The highest BCUT2D eigenvalue weighted by atomic mass is 16.5. The van der Waals surface area contributed by atoms with Crippen molar-refractivity contribution >= 4 is 0 Å². The lowest BCUT2D eigenvalue weighted by atomic mass is 10.0. The Morgan fingerprint density at radius 2 is 1.44 bits per heavy atom. The molecule has 0 N–H and O–H groups in total. The number of benzene rings is 3. The summed E-state index contributed by atoms with van der Waals surface area (Å²) in [7, 11) is 0. The third-order valence-corrected chi connectivity index (χ3v) is 6.42. The third kappa shape index (κ3) is 5.54. The van der Waals surface area contributed by atoms with Gasteiger partial charge in [0.25, 0.3) is 0 Å². The highest BCUT2D eigenvalue weighted by Crippen LogP contribution is 2.31. The molecule has 34 heavy (non-hydrogen) atoms. The minimum Gasteiger partial charge on any atom is -0.494 e. The highest BCUT2D eigenvalue weighted by Gasteiger charge is 2.17. The van der Waals surface area contributed by atoms with Crippen LogP contribution in [-0.2, 0) is 6.54 Å². The second kappa shape index (κ2) is 11.1. The molecule has 4 aromatic rings. The highest BCUT2D eigenvalue weighted by molar-refractivity contribution is 5.78. The molecular formula is C29H32N4O. The van der Waals surface area contributed by atoms with Crippen molar-refractivity contribution in [3.8, 4) is 28.3 Å². The van der Waals surface area contributed by atoms with E-state index in [1.54, 1.807) is 0 Å². The fraction of sp³-hybridized carbons (Fsp3) is 0.310. The van der Waals surface area contributed by atoms with Gasteiger partial charge in [0.05, 0.1) is 18.8 Å². The van der Waals surface area contributed by atoms with Crippen molar-refractivity contribution in [1.82, 2.24) is 19.9 Å². The molecule has 0 bridgehead atoms. The van der Waals surface area contributed by atoms with Gasteiger partial charge in [0.2, 0.25) is 0 Å². The van der Waals surface area contributed by atoms with E-state index < -0.39 is 0 Å². The van der Waals surface area contributed by atoms with Crippen LogP contribution in [0.2, 0.25) is 0 Å². The molecule has 1 aliphatic heterocycles. The Hall–Kier alpha value is -3.44. The molecule has 5 rings (SSSR count). The third-order valence-electron chi connectivity index (χ3n) is 6.42. The van der Waals surface area contributed by atoms with Crippen LogP contribution in [0.1, 0.15) is 31.2 Å². The first-order chi connectivity index (χ1) is 16.9. The maximum atomic E-state index is 6.03. The van der Waals surface area contributed by atoms with Crippen molar-refractivity contribution in [3.63, 3.8) is 0 Å². The molecule has 1 fully saturated rings. The van der Waals surface area contributed by atoms with Crippen LogP contribution in [-0.4, -0.2) is 46.1 Å². The maximum absolute atomic E-state index is 6.03. The number of rotatable bonds is 10. The monoisotopic (exact) mass is 452 g/mol. The van der Waals surface area contributed by atoms with E-state index in [0.29, 0.717) is 6.54 Å². The largest absolute Gasteiger partial charge is 0.494 e. The Kier molecular flexibility index (Phi) is 7.31. The van der Waals surface area contributed by atoms with E-state index in [0.717, 1.165) is 41.3 Å². The zero-order valence-corrected chi connectivity index (χ0v) is 19.6. The molecule has 0 aliphatic carbocycles. The SMILES string of the molecule is c1ccc(Cn2nnc(-c3ccccc3)c2-c2ccc(OCCCCN3CCCC3)cc2)cc1. The average Bonchev–Trinajstić information content (AvgIpc) is 3.56. The predicted molar refractivity (Wildman–Crippen MR) is 137 cm³/mol. The minimum absolute atomic E-state index is 0.672. The number of hydrogen-bond donors (Lipinski definition) is 0. The number of aromatic nitrogens is 3. The molecule has 0 saturated carbocycles. The quantitative estimate of drug-likeness (QED) is 0.280. The lowest BCUT2D eigenvalue weighted by molar-refractivity contribution is 0.280. The van der Waals surface area contributed by atoms with Gasteiger partial charge in [0.1, 0.15) is 11.4 Å². The molecule has 1 aliphatic rings. The first-order valence-electron chi connectivity index (χ1n) is 12.4. The molecule has 5 heteroatoms. The number of ether oxygens (including phenoxy) is 1. The Balaban J connectivity index is 1.30.